The highest BCUT2D eigenvalue weighted by Gasteiger charge is 2.33. The van der Waals surface area contributed by atoms with Crippen LogP contribution < -0.4 is 0 Å². The Bertz CT molecular complexity index is 204. The van der Waals surface area contributed by atoms with Gasteiger partial charge >= 0.3 is 0 Å². The molecule has 1 aliphatic heterocycles. The van der Waals surface area contributed by atoms with Crippen LogP contribution in [0.4, 0.5) is 0 Å². The zero-order valence-corrected chi connectivity index (χ0v) is 10.8. The van der Waals surface area contributed by atoms with Crippen molar-refractivity contribution in [1.29, 1.82) is 0 Å². The lowest BCUT2D eigenvalue weighted by Crippen LogP contribution is -2.41. The van der Waals surface area contributed by atoms with Gasteiger partial charge in [-0.3, -0.25) is 4.90 Å². The third-order valence-electron chi connectivity index (χ3n) is 3.64. The number of aliphatic hydroxyl groups is 1. The molecule has 1 fully saturated rings. The minimum absolute atomic E-state index is 0.527. The minimum Gasteiger partial charge on any atom is -0.389 e. The molecule has 0 bridgehead atoms. The summed E-state index contributed by atoms with van der Waals surface area (Å²) in [4.78, 5) is 4.68. The second-order valence-electron chi connectivity index (χ2n) is 5.55. The number of nitrogens with zero attached hydrogens (tertiary/aromatic N) is 2. The molecule has 1 saturated heterocycles. The molecule has 1 heterocycles. The van der Waals surface area contributed by atoms with Crippen LogP contribution in [0.2, 0.25) is 0 Å². The number of rotatable bonds is 4. The molecule has 0 aromatic heterocycles. The lowest BCUT2D eigenvalue weighted by molar-refractivity contribution is 0.0212. The summed E-state index contributed by atoms with van der Waals surface area (Å²) in [5, 5.41) is 10.0. The number of hydrogen-bond donors (Lipinski definition) is 1. The van der Waals surface area contributed by atoms with Crippen LogP contribution in [0.3, 0.4) is 0 Å². The molecular weight excluding hydrogens is 188 g/mol. The normalized spacial score (nSPS) is 32.2. The highest BCUT2D eigenvalue weighted by molar-refractivity contribution is 4.89. The van der Waals surface area contributed by atoms with Crippen LogP contribution in [0.15, 0.2) is 0 Å². The van der Waals surface area contributed by atoms with E-state index in [1.54, 1.807) is 0 Å². The molecule has 1 rings (SSSR count). The van der Waals surface area contributed by atoms with E-state index in [4.69, 9.17) is 0 Å². The molecule has 3 atom stereocenters. The summed E-state index contributed by atoms with van der Waals surface area (Å²) >= 11 is 0. The molecule has 0 aliphatic carbocycles. The summed E-state index contributed by atoms with van der Waals surface area (Å²) in [6.07, 6.45) is 0.824. The third-order valence-corrected chi connectivity index (χ3v) is 3.64. The molecular formula is C12H26N2O. The van der Waals surface area contributed by atoms with Crippen molar-refractivity contribution >= 4 is 0 Å². The lowest BCUT2D eigenvalue weighted by Gasteiger charge is -2.28. The minimum atomic E-state index is -0.527. The fourth-order valence-corrected chi connectivity index (χ4v) is 2.44. The Hall–Kier alpha value is -0.120. The van der Waals surface area contributed by atoms with E-state index in [1.807, 2.05) is 13.8 Å². The first-order valence-corrected chi connectivity index (χ1v) is 5.97. The Morgan fingerprint density at radius 2 is 2.00 bits per heavy atom. The SMILES string of the molecule is CCC(C)(O)CN1CC(C)C(N(C)C)C1. The van der Waals surface area contributed by atoms with Gasteiger partial charge in [-0.25, -0.2) is 0 Å². The van der Waals surface area contributed by atoms with Crippen molar-refractivity contribution in [3.8, 4) is 0 Å². The van der Waals surface area contributed by atoms with Gasteiger partial charge in [0.2, 0.25) is 0 Å². The van der Waals surface area contributed by atoms with E-state index >= 15 is 0 Å². The topological polar surface area (TPSA) is 26.7 Å². The predicted molar refractivity (Wildman–Crippen MR) is 64.0 cm³/mol. The molecule has 0 spiro atoms. The second kappa shape index (κ2) is 4.81. The zero-order valence-electron chi connectivity index (χ0n) is 10.8. The van der Waals surface area contributed by atoms with Gasteiger partial charge in [-0.15, -0.1) is 0 Å². The van der Waals surface area contributed by atoms with E-state index in [9.17, 15) is 5.11 Å². The fourth-order valence-electron chi connectivity index (χ4n) is 2.44. The van der Waals surface area contributed by atoms with Gasteiger partial charge in [0.1, 0.15) is 0 Å². The van der Waals surface area contributed by atoms with Gasteiger partial charge in [0.25, 0.3) is 0 Å². The van der Waals surface area contributed by atoms with Crippen molar-refractivity contribution < 1.29 is 5.11 Å². The largest absolute Gasteiger partial charge is 0.389 e. The first-order valence-electron chi connectivity index (χ1n) is 5.97. The summed E-state index contributed by atoms with van der Waals surface area (Å²) in [7, 11) is 4.28. The molecule has 0 radical (unpaired) electrons. The van der Waals surface area contributed by atoms with Crippen molar-refractivity contribution in [2.75, 3.05) is 33.7 Å². The lowest BCUT2D eigenvalue weighted by atomic mass is 10.0. The van der Waals surface area contributed by atoms with Gasteiger partial charge in [-0.05, 0) is 33.4 Å². The molecule has 3 unspecified atom stereocenters. The number of likely N-dealkylation sites (N-methyl/N-ethyl adjacent to an activating group) is 1. The van der Waals surface area contributed by atoms with E-state index < -0.39 is 5.60 Å². The summed E-state index contributed by atoms with van der Waals surface area (Å²) < 4.78 is 0. The summed E-state index contributed by atoms with van der Waals surface area (Å²) in [5.74, 6) is 0.702. The Morgan fingerprint density at radius 3 is 2.40 bits per heavy atom. The van der Waals surface area contributed by atoms with Gasteiger partial charge in [-0.1, -0.05) is 13.8 Å². The summed E-state index contributed by atoms with van der Waals surface area (Å²) in [5.41, 5.74) is -0.527. The Labute approximate surface area is 94.1 Å². The molecule has 0 aromatic rings. The van der Waals surface area contributed by atoms with E-state index in [1.165, 1.54) is 0 Å². The van der Waals surface area contributed by atoms with Gasteiger partial charge < -0.3 is 10.0 Å². The monoisotopic (exact) mass is 214 g/mol. The van der Waals surface area contributed by atoms with Crippen molar-refractivity contribution in [2.45, 2.75) is 38.8 Å². The molecule has 0 saturated carbocycles. The van der Waals surface area contributed by atoms with Gasteiger partial charge in [-0.2, -0.15) is 0 Å². The van der Waals surface area contributed by atoms with Gasteiger partial charge in [0.15, 0.2) is 0 Å². The van der Waals surface area contributed by atoms with Crippen LogP contribution in [-0.2, 0) is 0 Å². The smallest absolute Gasteiger partial charge is 0.0743 e. The fraction of sp³-hybridized carbons (Fsp3) is 1.00. The predicted octanol–water partition coefficient (Wildman–Crippen LogP) is 1.03. The van der Waals surface area contributed by atoms with Gasteiger partial charge in [0, 0.05) is 25.7 Å². The van der Waals surface area contributed by atoms with Crippen LogP contribution in [0.1, 0.15) is 27.2 Å². The Kier molecular flexibility index (Phi) is 4.15. The Balaban J connectivity index is 2.48. The first kappa shape index (κ1) is 12.9. The first-order chi connectivity index (χ1) is 6.85. The molecule has 3 nitrogen and oxygen atoms in total. The molecule has 15 heavy (non-hydrogen) atoms. The quantitative estimate of drug-likeness (QED) is 0.757. The van der Waals surface area contributed by atoms with Crippen molar-refractivity contribution in [1.82, 2.24) is 9.80 Å². The maximum absolute atomic E-state index is 10.0. The van der Waals surface area contributed by atoms with Crippen molar-refractivity contribution in [3.05, 3.63) is 0 Å². The maximum atomic E-state index is 10.0. The highest BCUT2D eigenvalue weighted by Crippen LogP contribution is 2.22. The van der Waals surface area contributed by atoms with Crippen LogP contribution >= 0.6 is 0 Å². The molecule has 3 heteroatoms. The van der Waals surface area contributed by atoms with Crippen LogP contribution in [0.25, 0.3) is 0 Å². The number of likely N-dealkylation sites (tertiary alicyclic amines) is 1. The maximum Gasteiger partial charge on any atom is 0.0743 e. The summed E-state index contributed by atoms with van der Waals surface area (Å²) in [6.45, 7) is 9.27. The van der Waals surface area contributed by atoms with Crippen molar-refractivity contribution in [3.63, 3.8) is 0 Å². The Morgan fingerprint density at radius 1 is 1.40 bits per heavy atom. The van der Waals surface area contributed by atoms with Crippen LogP contribution in [0.5, 0.6) is 0 Å². The molecule has 0 amide bonds. The van der Waals surface area contributed by atoms with Crippen LogP contribution in [-0.4, -0.2) is 60.3 Å². The third kappa shape index (κ3) is 3.44. The van der Waals surface area contributed by atoms with E-state index in [0.29, 0.717) is 12.0 Å². The molecule has 1 N–H and O–H groups in total. The zero-order chi connectivity index (χ0) is 11.6. The number of hydrogen-bond acceptors (Lipinski definition) is 3. The highest BCUT2D eigenvalue weighted by atomic mass is 16.3. The standard InChI is InChI=1S/C12H26N2O/c1-6-12(3,15)9-14-7-10(2)11(8-14)13(4)5/h10-11,15H,6-9H2,1-5H3. The second-order valence-corrected chi connectivity index (χ2v) is 5.55. The molecule has 90 valence electrons. The van der Waals surface area contributed by atoms with E-state index in [-0.39, 0.29) is 0 Å². The van der Waals surface area contributed by atoms with Crippen LogP contribution in [0, 0.1) is 5.92 Å². The van der Waals surface area contributed by atoms with Crippen molar-refractivity contribution in [2.24, 2.45) is 5.92 Å². The van der Waals surface area contributed by atoms with E-state index in [0.717, 1.165) is 26.1 Å². The summed E-state index contributed by atoms with van der Waals surface area (Å²) in [6, 6.07) is 0.637. The average molecular weight is 214 g/mol. The average Bonchev–Trinajstić information content (AvgIpc) is 2.46. The van der Waals surface area contributed by atoms with E-state index in [2.05, 4.69) is 30.8 Å². The molecule has 1 aliphatic rings. The van der Waals surface area contributed by atoms with Gasteiger partial charge in [0.05, 0.1) is 5.60 Å². The molecule has 0 aromatic carbocycles. The number of β-amino-alcohol motifs (C(OH)–C–C–N with tert-alkyl or cyclic N) is 1.